The molecule has 0 saturated heterocycles. The van der Waals surface area contributed by atoms with Crippen molar-refractivity contribution in [2.75, 3.05) is 6.54 Å². The van der Waals surface area contributed by atoms with Crippen molar-refractivity contribution in [1.82, 2.24) is 10.6 Å². The average molecular weight is 228 g/mol. The van der Waals surface area contributed by atoms with Crippen LogP contribution in [0, 0.1) is 0 Å². The smallest absolute Gasteiger partial charge is 0.334 e. The summed E-state index contributed by atoms with van der Waals surface area (Å²) in [6, 6.07) is 1.13. The zero-order chi connectivity index (χ0) is 12.0. The molecule has 0 saturated carbocycles. The van der Waals surface area contributed by atoms with Gasteiger partial charge in [0.1, 0.15) is 0 Å². The summed E-state index contributed by atoms with van der Waals surface area (Å²) in [6.45, 7) is -0.0714. The Balaban J connectivity index is 2.19. The van der Waals surface area contributed by atoms with Crippen LogP contribution in [0.15, 0.2) is 23.0 Å². The molecular weight excluding hydrogens is 216 g/mol. The molecule has 7 heteroatoms. The molecule has 1 atom stereocenters. The number of carboxylic acids is 1. The van der Waals surface area contributed by atoms with E-state index in [1.807, 2.05) is 0 Å². The van der Waals surface area contributed by atoms with E-state index in [0.717, 1.165) is 5.56 Å². The molecule has 7 nitrogen and oxygen atoms in total. The number of furan rings is 1. The van der Waals surface area contributed by atoms with Gasteiger partial charge in [-0.25, -0.2) is 9.59 Å². The second kappa shape index (κ2) is 5.76. The Bertz CT molecular complexity index is 349. The van der Waals surface area contributed by atoms with Crippen LogP contribution in [-0.4, -0.2) is 34.9 Å². The van der Waals surface area contributed by atoms with Crippen molar-refractivity contribution in [3.8, 4) is 0 Å². The fraction of sp³-hybridized carbons (Fsp3) is 0.333. The van der Waals surface area contributed by atoms with Crippen LogP contribution < -0.4 is 10.6 Å². The van der Waals surface area contributed by atoms with Crippen LogP contribution in [0.5, 0.6) is 0 Å². The second-order valence-corrected chi connectivity index (χ2v) is 3.05. The average Bonchev–Trinajstić information content (AvgIpc) is 2.75. The Morgan fingerprint density at radius 1 is 1.44 bits per heavy atom. The monoisotopic (exact) mass is 228 g/mol. The summed E-state index contributed by atoms with van der Waals surface area (Å²) < 4.78 is 4.79. The minimum absolute atomic E-state index is 0.269. The van der Waals surface area contributed by atoms with E-state index >= 15 is 0 Å². The van der Waals surface area contributed by atoms with E-state index in [9.17, 15) is 9.59 Å². The first-order valence-corrected chi connectivity index (χ1v) is 4.53. The summed E-state index contributed by atoms with van der Waals surface area (Å²) in [6.07, 6.45) is 1.36. The SMILES string of the molecule is O=C(NCc1ccoc1)NC[C@H](O)C(=O)O. The number of aliphatic carboxylic acids is 1. The first-order chi connectivity index (χ1) is 7.59. The van der Waals surface area contributed by atoms with Crippen molar-refractivity contribution in [1.29, 1.82) is 0 Å². The molecule has 0 fully saturated rings. The highest BCUT2D eigenvalue weighted by Crippen LogP contribution is 1.97. The second-order valence-electron chi connectivity index (χ2n) is 3.05. The lowest BCUT2D eigenvalue weighted by molar-refractivity contribution is -0.146. The number of amides is 2. The highest BCUT2D eigenvalue weighted by molar-refractivity contribution is 5.76. The molecule has 0 aromatic carbocycles. The first-order valence-electron chi connectivity index (χ1n) is 4.53. The van der Waals surface area contributed by atoms with E-state index in [1.54, 1.807) is 6.07 Å². The number of nitrogens with one attached hydrogen (secondary N) is 2. The summed E-state index contributed by atoms with van der Waals surface area (Å²) >= 11 is 0. The number of aliphatic hydroxyl groups excluding tert-OH is 1. The normalized spacial score (nSPS) is 11.8. The van der Waals surface area contributed by atoms with E-state index in [2.05, 4.69) is 10.6 Å². The van der Waals surface area contributed by atoms with Crippen LogP contribution in [0.1, 0.15) is 5.56 Å². The Morgan fingerprint density at radius 2 is 2.19 bits per heavy atom. The van der Waals surface area contributed by atoms with Crippen LogP contribution in [0.2, 0.25) is 0 Å². The molecule has 88 valence electrons. The Kier molecular flexibility index (Phi) is 4.34. The number of carbonyl (C=O) groups is 2. The van der Waals surface area contributed by atoms with Gasteiger partial charge in [0.05, 0.1) is 19.1 Å². The summed E-state index contributed by atoms with van der Waals surface area (Å²) in [7, 11) is 0. The number of rotatable bonds is 5. The largest absolute Gasteiger partial charge is 0.479 e. The third-order valence-corrected chi connectivity index (χ3v) is 1.77. The maximum Gasteiger partial charge on any atom is 0.334 e. The molecule has 0 aliphatic rings. The zero-order valence-corrected chi connectivity index (χ0v) is 8.34. The standard InChI is InChI=1S/C9H12N2O5/c12-7(8(13)14)4-11-9(15)10-3-6-1-2-16-5-6/h1-2,5,7,12H,3-4H2,(H,13,14)(H2,10,11,15)/t7-/m0/s1. The molecule has 16 heavy (non-hydrogen) atoms. The molecule has 4 N–H and O–H groups in total. The topological polar surface area (TPSA) is 112 Å². The molecule has 0 aliphatic carbocycles. The van der Waals surface area contributed by atoms with Crippen molar-refractivity contribution in [2.24, 2.45) is 0 Å². The predicted molar refractivity (Wildman–Crippen MR) is 52.6 cm³/mol. The van der Waals surface area contributed by atoms with Gasteiger partial charge in [-0.2, -0.15) is 0 Å². The van der Waals surface area contributed by atoms with Crippen LogP contribution in [0.25, 0.3) is 0 Å². The van der Waals surface area contributed by atoms with Gasteiger partial charge in [-0.15, -0.1) is 0 Å². The highest BCUT2D eigenvalue weighted by Gasteiger charge is 2.13. The highest BCUT2D eigenvalue weighted by atomic mass is 16.4. The molecule has 0 spiro atoms. The Hall–Kier alpha value is -2.02. The Morgan fingerprint density at radius 3 is 2.75 bits per heavy atom. The van der Waals surface area contributed by atoms with Gasteiger partial charge in [-0.1, -0.05) is 0 Å². The summed E-state index contributed by atoms with van der Waals surface area (Å²) in [5.41, 5.74) is 0.786. The molecule has 1 aromatic rings. The van der Waals surface area contributed by atoms with Gasteiger partial charge in [0.15, 0.2) is 6.10 Å². The lowest BCUT2D eigenvalue weighted by Gasteiger charge is -2.08. The van der Waals surface area contributed by atoms with E-state index in [0.29, 0.717) is 0 Å². The van der Waals surface area contributed by atoms with E-state index in [-0.39, 0.29) is 13.1 Å². The van der Waals surface area contributed by atoms with Gasteiger partial charge in [-0.05, 0) is 6.07 Å². The third kappa shape index (κ3) is 4.01. The predicted octanol–water partition coefficient (Wildman–Crippen LogP) is -0.476. The van der Waals surface area contributed by atoms with Crippen molar-refractivity contribution >= 4 is 12.0 Å². The molecule has 0 bridgehead atoms. The molecule has 1 aromatic heterocycles. The number of aliphatic hydroxyl groups is 1. The van der Waals surface area contributed by atoms with Gasteiger partial charge in [0, 0.05) is 12.1 Å². The molecule has 0 unspecified atom stereocenters. The number of hydrogen-bond acceptors (Lipinski definition) is 4. The van der Waals surface area contributed by atoms with Crippen molar-refractivity contribution in [3.05, 3.63) is 24.2 Å². The minimum Gasteiger partial charge on any atom is -0.479 e. The summed E-state index contributed by atoms with van der Waals surface area (Å²) in [5.74, 6) is -1.38. The third-order valence-electron chi connectivity index (χ3n) is 1.77. The van der Waals surface area contributed by atoms with Crippen LogP contribution >= 0.6 is 0 Å². The maximum absolute atomic E-state index is 11.1. The minimum atomic E-state index is -1.60. The fourth-order valence-corrected chi connectivity index (χ4v) is 0.915. The lowest BCUT2D eigenvalue weighted by atomic mass is 10.3. The van der Waals surface area contributed by atoms with Gasteiger partial charge in [-0.3, -0.25) is 0 Å². The van der Waals surface area contributed by atoms with Crippen molar-refractivity contribution in [2.45, 2.75) is 12.6 Å². The molecule has 2 amide bonds. The van der Waals surface area contributed by atoms with Crippen LogP contribution in [0.3, 0.4) is 0 Å². The van der Waals surface area contributed by atoms with E-state index in [1.165, 1.54) is 12.5 Å². The van der Waals surface area contributed by atoms with E-state index in [4.69, 9.17) is 14.6 Å². The van der Waals surface area contributed by atoms with Gasteiger partial charge < -0.3 is 25.3 Å². The number of carbonyl (C=O) groups excluding carboxylic acids is 1. The summed E-state index contributed by atoms with van der Waals surface area (Å²) in [5, 5.41) is 21.9. The zero-order valence-electron chi connectivity index (χ0n) is 8.34. The van der Waals surface area contributed by atoms with Gasteiger partial charge in [0.25, 0.3) is 0 Å². The van der Waals surface area contributed by atoms with Crippen molar-refractivity contribution in [3.63, 3.8) is 0 Å². The number of urea groups is 1. The maximum atomic E-state index is 11.1. The molecule has 0 radical (unpaired) electrons. The Labute approximate surface area is 91.1 Å². The quantitative estimate of drug-likeness (QED) is 0.544. The van der Waals surface area contributed by atoms with Gasteiger partial charge in [0.2, 0.25) is 0 Å². The van der Waals surface area contributed by atoms with Gasteiger partial charge >= 0.3 is 12.0 Å². The van der Waals surface area contributed by atoms with Crippen molar-refractivity contribution < 1.29 is 24.2 Å². The molecule has 1 rings (SSSR count). The lowest BCUT2D eigenvalue weighted by Crippen LogP contribution is -2.41. The molecule has 1 heterocycles. The number of carboxylic acid groups (broad SMARTS) is 1. The number of hydrogen-bond donors (Lipinski definition) is 4. The molecular formula is C9H12N2O5. The fourth-order valence-electron chi connectivity index (χ4n) is 0.915. The summed E-state index contributed by atoms with van der Waals surface area (Å²) in [4.78, 5) is 21.3. The molecule has 0 aliphatic heterocycles. The first kappa shape index (κ1) is 12.1. The van der Waals surface area contributed by atoms with Crippen LogP contribution in [0.4, 0.5) is 4.79 Å². The van der Waals surface area contributed by atoms with E-state index < -0.39 is 18.1 Å². The van der Waals surface area contributed by atoms with Crippen LogP contribution in [-0.2, 0) is 11.3 Å².